The molecule has 0 spiro atoms. The zero-order chi connectivity index (χ0) is 17.6. The molecule has 1 unspecified atom stereocenters. The van der Waals surface area contributed by atoms with E-state index < -0.39 is 0 Å². The van der Waals surface area contributed by atoms with E-state index in [1.54, 1.807) is 11.3 Å². The van der Waals surface area contributed by atoms with Crippen LogP contribution in [0.2, 0.25) is 0 Å². The highest BCUT2D eigenvalue weighted by Gasteiger charge is 2.39. The molecule has 3 aromatic rings. The van der Waals surface area contributed by atoms with E-state index in [4.69, 9.17) is 0 Å². The Morgan fingerprint density at radius 1 is 1.27 bits per heavy atom. The molecule has 2 heterocycles. The molecule has 6 heteroatoms. The van der Waals surface area contributed by atoms with Crippen LogP contribution in [0.4, 0.5) is 0 Å². The first-order valence-electron chi connectivity index (χ1n) is 8.75. The van der Waals surface area contributed by atoms with Gasteiger partial charge in [-0.25, -0.2) is 4.98 Å². The number of nitrogens with one attached hydrogen (secondary N) is 1. The molecule has 0 bridgehead atoms. The van der Waals surface area contributed by atoms with Crippen LogP contribution in [-0.4, -0.2) is 26.1 Å². The monoisotopic (exact) mass is 362 g/mol. The van der Waals surface area contributed by atoms with Gasteiger partial charge in [0.2, 0.25) is 0 Å². The number of aromatic nitrogens is 3. The molecule has 0 saturated heterocycles. The van der Waals surface area contributed by atoms with Crippen molar-refractivity contribution in [2.45, 2.75) is 24.7 Å². The number of thiazole rings is 1. The number of allylic oxidation sites excluding steroid dienone is 1. The maximum Gasteiger partial charge on any atom is 0.117 e. The van der Waals surface area contributed by atoms with Gasteiger partial charge in [0.25, 0.3) is 0 Å². The standard InChI is InChI=1S/C20H18N4OS/c25-24-18(13-6-7-13)19-15-8-9-20(10-16(15)22-23-19,17-11-26-12-21-17)14-4-2-1-3-5-14/h1-5,8-9,11-13,25H,6-7,10H2,(H,22,23). The molecule has 0 radical (unpaired) electrons. The lowest BCUT2D eigenvalue weighted by atomic mass is 9.71. The van der Waals surface area contributed by atoms with E-state index in [0.29, 0.717) is 11.6 Å². The third-order valence-electron chi connectivity index (χ3n) is 5.37. The van der Waals surface area contributed by atoms with E-state index in [0.717, 1.165) is 41.9 Å². The first-order chi connectivity index (χ1) is 12.8. The number of H-pyrrole nitrogens is 1. The zero-order valence-electron chi connectivity index (χ0n) is 14.1. The Morgan fingerprint density at radius 2 is 2.12 bits per heavy atom. The largest absolute Gasteiger partial charge is 0.411 e. The van der Waals surface area contributed by atoms with Crippen molar-refractivity contribution in [3.05, 3.63) is 75.5 Å². The third kappa shape index (κ3) is 2.33. The summed E-state index contributed by atoms with van der Waals surface area (Å²) >= 11 is 1.61. The lowest BCUT2D eigenvalue weighted by Gasteiger charge is -2.32. The van der Waals surface area contributed by atoms with Gasteiger partial charge in [0.05, 0.1) is 16.6 Å². The molecule has 0 aliphatic heterocycles. The van der Waals surface area contributed by atoms with Crippen molar-refractivity contribution >= 4 is 23.1 Å². The Labute approximate surface area is 155 Å². The van der Waals surface area contributed by atoms with Crippen LogP contribution in [0.25, 0.3) is 6.08 Å². The molecule has 1 aromatic carbocycles. The minimum Gasteiger partial charge on any atom is -0.411 e. The Kier molecular flexibility index (Phi) is 3.53. The lowest BCUT2D eigenvalue weighted by Crippen LogP contribution is -2.31. The number of hydrogen-bond acceptors (Lipinski definition) is 5. The molecule has 2 N–H and O–H groups in total. The molecular formula is C20H18N4OS. The number of nitrogens with zero attached hydrogens (tertiary/aromatic N) is 3. The van der Waals surface area contributed by atoms with Crippen molar-refractivity contribution in [3.8, 4) is 0 Å². The van der Waals surface area contributed by atoms with Crippen molar-refractivity contribution in [2.24, 2.45) is 11.1 Å². The van der Waals surface area contributed by atoms with Crippen LogP contribution in [-0.2, 0) is 11.8 Å². The maximum absolute atomic E-state index is 9.44. The van der Waals surface area contributed by atoms with Crippen molar-refractivity contribution in [2.75, 3.05) is 0 Å². The van der Waals surface area contributed by atoms with Crippen LogP contribution in [0.1, 0.15) is 41.1 Å². The molecule has 2 aromatic heterocycles. The fourth-order valence-corrected chi connectivity index (χ4v) is 4.46. The van der Waals surface area contributed by atoms with Crippen molar-refractivity contribution in [3.63, 3.8) is 0 Å². The second-order valence-electron chi connectivity index (χ2n) is 6.95. The van der Waals surface area contributed by atoms with Gasteiger partial charge in [0, 0.05) is 29.0 Å². The molecule has 1 saturated carbocycles. The molecule has 26 heavy (non-hydrogen) atoms. The summed E-state index contributed by atoms with van der Waals surface area (Å²) in [5.74, 6) is 0.333. The fourth-order valence-electron chi connectivity index (χ4n) is 3.83. The van der Waals surface area contributed by atoms with E-state index in [1.807, 2.05) is 11.6 Å². The molecule has 2 aliphatic carbocycles. The van der Waals surface area contributed by atoms with Crippen LogP contribution >= 0.6 is 11.3 Å². The smallest absolute Gasteiger partial charge is 0.117 e. The van der Waals surface area contributed by atoms with Crippen molar-refractivity contribution < 1.29 is 5.21 Å². The van der Waals surface area contributed by atoms with E-state index in [2.05, 4.69) is 62.1 Å². The maximum atomic E-state index is 9.44. The number of rotatable bonds is 4. The Hall–Kier alpha value is -2.73. The van der Waals surface area contributed by atoms with Crippen LogP contribution in [0, 0.1) is 5.92 Å². The number of aromatic amines is 1. The van der Waals surface area contributed by atoms with Crippen LogP contribution < -0.4 is 0 Å². The van der Waals surface area contributed by atoms with Gasteiger partial charge < -0.3 is 5.21 Å². The van der Waals surface area contributed by atoms with Crippen LogP contribution in [0.15, 0.2) is 52.5 Å². The molecule has 1 atom stereocenters. The summed E-state index contributed by atoms with van der Waals surface area (Å²) in [5, 5.41) is 22.8. The Morgan fingerprint density at radius 3 is 2.81 bits per heavy atom. The minimum absolute atomic E-state index is 0.311. The van der Waals surface area contributed by atoms with Gasteiger partial charge in [-0.1, -0.05) is 47.6 Å². The third-order valence-corrected chi connectivity index (χ3v) is 5.95. The van der Waals surface area contributed by atoms with Gasteiger partial charge in [-0.05, 0) is 18.4 Å². The summed E-state index contributed by atoms with van der Waals surface area (Å²) in [7, 11) is 0. The molecule has 5 nitrogen and oxygen atoms in total. The fraction of sp³-hybridized carbons (Fsp3) is 0.250. The Bertz CT molecular complexity index is 986. The summed E-state index contributed by atoms with van der Waals surface area (Å²) in [6, 6.07) is 10.5. The van der Waals surface area contributed by atoms with Gasteiger partial charge in [0.15, 0.2) is 0 Å². The molecule has 0 amide bonds. The first kappa shape index (κ1) is 15.5. The molecular weight excluding hydrogens is 344 g/mol. The highest BCUT2D eigenvalue weighted by molar-refractivity contribution is 7.07. The molecule has 130 valence electrons. The first-order valence-corrected chi connectivity index (χ1v) is 9.69. The highest BCUT2D eigenvalue weighted by Crippen LogP contribution is 2.42. The van der Waals surface area contributed by atoms with Crippen LogP contribution in [0.3, 0.4) is 0 Å². The van der Waals surface area contributed by atoms with Gasteiger partial charge in [-0.15, -0.1) is 11.3 Å². The second kappa shape index (κ2) is 5.92. The summed E-state index contributed by atoms with van der Waals surface area (Å²) in [4.78, 5) is 4.63. The summed E-state index contributed by atoms with van der Waals surface area (Å²) in [5.41, 5.74) is 7.40. The SMILES string of the molecule is ON=C(c1n[nH]c2c1C=CC(c1ccccc1)(c1cscn1)C2)C1CC1. The number of hydrogen-bond donors (Lipinski definition) is 2. The molecule has 1 fully saturated rings. The van der Waals surface area contributed by atoms with Gasteiger partial charge in [0.1, 0.15) is 11.4 Å². The lowest BCUT2D eigenvalue weighted by molar-refractivity contribution is 0.317. The van der Waals surface area contributed by atoms with Crippen molar-refractivity contribution in [1.82, 2.24) is 15.2 Å². The Balaban J connectivity index is 1.63. The predicted octanol–water partition coefficient (Wildman–Crippen LogP) is 4.01. The van der Waals surface area contributed by atoms with Crippen LogP contribution in [0.5, 0.6) is 0 Å². The van der Waals surface area contributed by atoms with Crippen molar-refractivity contribution in [1.29, 1.82) is 0 Å². The number of benzene rings is 1. The average molecular weight is 362 g/mol. The summed E-state index contributed by atoms with van der Waals surface area (Å²) < 4.78 is 0. The second-order valence-corrected chi connectivity index (χ2v) is 7.66. The number of fused-ring (bicyclic) bond motifs is 1. The molecule has 2 aliphatic rings. The highest BCUT2D eigenvalue weighted by atomic mass is 32.1. The zero-order valence-corrected chi connectivity index (χ0v) is 14.9. The molecule has 5 rings (SSSR count). The van der Waals surface area contributed by atoms with E-state index >= 15 is 0 Å². The number of oxime groups is 1. The predicted molar refractivity (Wildman–Crippen MR) is 102 cm³/mol. The van der Waals surface area contributed by atoms with Gasteiger partial charge in [-0.2, -0.15) is 5.10 Å². The minimum atomic E-state index is -0.311. The topological polar surface area (TPSA) is 74.2 Å². The van der Waals surface area contributed by atoms with Gasteiger partial charge >= 0.3 is 0 Å². The normalized spacial score (nSPS) is 22.4. The van der Waals surface area contributed by atoms with E-state index in [-0.39, 0.29) is 5.41 Å². The average Bonchev–Trinajstić information content (AvgIpc) is 3.20. The summed E-state index contributed by atoms with van der Waals surface area (Å²) in [6.45, 7) is 0. The summed E-state index contributed by atoms with van der Waals surface area (Å²) in [6.07, 6.45) is 7.22. The van der Waals surface area contributed by atoms with Gasteiger partial charge in [-0.3, -0.25) is 5.10 Å². The quantitative estimate of drug-likeness (QED) is 0.418. The van der Waals surface area contributed by atoms with E-state index in [9.17, 15) is 5.21 Å². The van der Waals surface area contributed by atoms with E-state index in [1.165, 1.54) is 5.56 Å².